The highest BCUT2D eigenvalue weighted by atomic mass is 32.1. The Morgan fingerprint density at radius 2 is 2.13 bits per heavy atom. The van der Waals surface area contributed by atoms with Gasteiger partial charge in [-0.3, -0.25) is 15.1 Å². The molecule has 3 aromatic heterocycles. The molecule has 3 rings (SSSR count). The van der Waals surface area contributed by atoms with Crippen molar-refractivity contribution in [2.75, 3.05) is 5.32 Å². The number of thiazole rings is 1. The monoisotopic (exact) mass is 345 g/mol. The molecule has 6 nitrogen and oxygen atoms in total. The number of hydrogen-bond donors (Lipinski definition) is 1. The fraction of sp³-hybridized carbons (Fsp3) is 0.267. The van der Waals surface area contributed by atoms with E-state index in [2.05, 4.69) is 32.4 Å². The number of carbonyl (C=O) groups excluding carboxylic acids is 1. The lowest BCUT2D eigenvalue weighted by Crippen LogP contribution is -2.11. The molecule has 0 aromatic carbocycles. The second-order valence-corrected chi connectivity index (χ2v) is 6.91. The summed E-state index contributed by atoms with van der Waals surface area (Å²) in [6.07, 6.45) is 3.59. The van der Waals surface area contributed by atoms with E-state index < -0.39 is 0 Å². The molecular formula is C15H15N5OS2. The van der Waals surface area contributed by atoms with Gasteiger partial charge in [-0.2, -0.15) is 0 Å². The Hall–Kier alpha value is -2.19. The summed E-state index contributed by atoms with van der Waals surface area (Å²) in [7, 11) is 0. The van der Waals surface area contributed by atoms with Crippen LogP contribution in [-0.4, -0.2) is 26.1 Å². The number of aromatic nitrogens is 4. The van der Waals surface area contributed by atoms with Crippen molar-refractivity contribution in [1.82, 2.24) is 20.2 Å². The van der Waals surface area contributed by atoms with Crippen LogP contribution in [0.25, 0.3) is 10.7 Å². The molecule has 0 saturated carbocycles. The molecule has 0 aliphatic rings. The molecule has 0 aliphatic carbocycles. The Kier molecular flexibility index (Phi) is 4.73. The molecular weight excluding hydrogens is 330 g/mol. The Morgan fingerprint density at radius 3 is 2.87 bits per heavy atom. The molecule has 8 heteroatoms. The van der Waals surface area contributed by atoms with Gasteiger partial charge in [0.2, 0.25) is 5.13 Å². The van der Waals surface area contributed by atoms with Crippen molar-refractivity contribution in [3.05, 3.63) is 40.0 Å². The lowest BCUT2D eigenvalue weighted by Gasteiger charge is -1.98. The minimum atomic E-state index is -0.207. The lowest BCUT2D eigenvalue weighted by atomic mass is 10.3. The van der Waals surface area contributed by atoms with Crippen LogP contribution in [0.15, 0.2) is 24.4 Å². The van der Waals surface area contributed by atoms with Crippen molar-refractivity contribution in [3.8, 4) is 10.7 Å². The molecule has 0 unspecified atom stereocenters. The van der Waals surface area contributed by atoms with Gasteiger partial charge in [0.25, 0.3) is 5.91 Å². The van der Waals surface area contributed by atoms with E-state index in [1.54, 1.807) is 6.20 Å². The largest absolute Gasteiger partial charge is 0.296 e. The number of carbonyl (C=O) groups is 1. The molecule has 0 atom stereocenters. The molecule has 1 amide bonds. The average molecular weight is 345 g/mol. The van der Waals surface area contributed by atoms with E-state index in [1.807, 2.05) is 25.1 Å². The Morgan fingerprint density at radius 1 is 1.26 bits per heavy atom. The van der Waals surface area contributed by atoms with Gasteiger partial charge in [0.1, 0.15) is 14.9 Å². The maximum Gasteiger partial charge on any atom is 0.269 e. The first-order valence-corrected chi connectivity index (χ1v) is 8.83. The summed E-state index contributed by atoms with van der Waals surface area (Å²) < 4.78 is 0. The zero-order valence-corrected chi connectivity index (χ0v) is 14.4. The molecule has 0 bridgehead atoms. The highest BCUT2D eigenvalue weighted by Gasteiger charge is 2.18. The van der Waals surface area contributed by atoms with Gasteiger partial charge in [-0.25, -0.2) is 4.98 Å². The normalized spacial score (nSPS) is 10.7. The van der Waals surface area contributed by atoms with Gasteiger partial charge in [0.05, 0.1) is 11.4 Å². The fourth-order valence-electron chi connectivity index (χ4n) is 1.98. The summed E-state index contributed by atoms with van der Waals surface area (Å²) in [5.41, 5.74) is 1.45. The molecule has 0 aliphatic heterocycles. The maximum atomic E-state index is 12.4. The highest BCUT2D eigenvalue weighted by Crippen LogP contribution is 2.27. The molecule has 0 radical (unpaired) electrons. The molecule has 23 heavy (non-hydrogen) atoms. The number of rotatable bonds is 5. The summed E-state index contributed by atoms with van der Waals surface area (Å²) in [5, 5.41) is 13.0. The van der Waals surface area contributed by atoms with Crippen molar-refractivity contribution in [2.45, 2.75) is 26.7 Å². The Labute approximate surface area is 141 Å². The van der Waals surface area contributed by atoms with E-state index in [4.69, 9.17) is 0 Å². The van der Waals surface area contributed by atoms with Crippen molar-refractivity contribution in [1.29, 1.82) is 0 Å². The first-order valence-electron chi connectivity index (χ1n) is 7.20. The van der Waals surface area contributed by atoms with Gasteiger partial charge in [-0.15, -0.1) is 21.5 Å². The van der Waals surface area contributed by atoms with E-state index in [1.165, 1.54) is 22.7 Å². The van der Waals surface area contributed by atoms with E-state index in [0.717, 1.165) is 28.6 Å². The fourth-order valence-corrected chi connectivity index (χ4v) is 3.75. The summed E-state index contributed by atoms with van der Waals surface area (Å²) >= 11 is 2.74. The second-order valence-electron chi connectivity index (χ2n) is 4.85. The lowest BCUT2D eigenvalue weighted by molar-refractivity contribution is 0.102. The molecule has 0 spiro atoms. The van der Waals surface area contributed by atoms with E-state index in [0.29, 0.717) is 15.7 Å². The summed E-state index contributed by atoms with van der Waals surface area (Å²) in [6, 6.07) is 5.62. The van der Waals surface area contributed by atoms with E-state index in [-0.39, 0.29) is 5.91 Å². The van der Waals surface area contributed by atoms with Gasteiger partial charge >= 0.3 is 0 Å². The number of aryl methyl sites for hydroxylation is 2. The minimum absolute atomic E-state index is 0.207. The molecule has 1 N–H and O–H groups in total. The number of nitrogens with zero attached hydrogens (tertiary/aromatic N) is 4. The Balaban J connectivity index is 1.78. The smallest absolute Gasteiger partial charge is 0.269 e. The van der Waals surface area contributed by atoms with Crippen LogP contribution in [0, 0.1) is 6.92 Å². The molecule has 3 aromatic rings. The van der Waals surface area contributed by atoms with Gasteiger partial charge in [0.15, 0.2) is 0 Å². The van der Waals surface area contributed by atoms with Crippen LogP contribution in [0.3, 0.4) is 0 Å². The van der Waals surface area contributed by atoms with Gasteiger partial charge in [-0.05, 0) is 25.5 Å². The SMILES string of the molecule is CCCc1nnc(NC(=O)c2sc(-c3ccccn3)nc2C)s1. The zero-order valence-electron chi connectivity index (χ0n) is 12.7. The van der Waals surface area contributed by atoms with Gasteiger partial charge < -0.3 is 0 Å². The topological polar surface area (TPSA) is 80.7 Å². The predicted molar refractivity (Wildman–Crippen MR) is 91.9 cm³/mol. The highest BCUT2D eigenvalue weighted by molar-refractivity contribution is 7.17. The zero-order chi connectivity index (χ0) is 16.2. The molecule has 0 saturated heterocycles. The molecule has 118 valence electrons. The van der Waals surface area contributed by atoms with Crippen LogP contribution in [0.1, 0.15) is 33.7 Å². The first-order chi connectivity index (χ1) is 11.2. The molecule has 3 heterocycles. The van der Waals surface area contributed by atoms with E-state index in [9.17, 15) is 4.79 Å². The third kappa shape index (κ3) is 3.59. The van der Waals surface area contributed by atoms with Crippen LogP contribution < -0.4 is 5.32 Å². The quantitative estimate of drug-likeness (QED) is 0.764. The van der Waals surface area contributed by atoms with Crippen LogP contribution >= 0.6 is 22.7 Å². The minimum Gasteiger partial charge on any atom is -0.296 e. The van der Waals surface area contributed by atoms with Crippen LogP contribution in [0.2, 0.25) is 0 Å². The van der Waals surface area contributed by atoms with Crippen LogP contribution in [0.4, 0.5) is 5.13 Å². The summed E-state index contributed by atoms with van der Waals surface area (Å²) in [6.45, 7) is 3.90. The van der Waals surface area contributed by atoms with Gasteiger partial charge in [0, 0.05) is 12.6 Å². The maximum absolute atomic E-state index is 12.4. The van der Waals surface area contributed by atoms with Crippen LogP contribution in [-0.2, 0) is 6.42 Å². The first kappa shape index (κ1) is 15.7. The van der Waals surface area contributed by atoms with Crippen molar-refractivity contribution in [3.63, 3.8) is 0 Å². The Bertz CT molecular complexity index is 812. The third-order valence-corrected chi connectivity index (χ3v) is 5.12. The molecule has 0 fully saturated rings. The number of amides is 1. The predicted octanol–water partition coefficient (Wildman–Crippen LogP) is 3.57. The van der Waals surface area contributed by atoms with Crippen molar-refractivity contribution >= 4 is 33.7 Å². The van der Waals surface area contributed by atoms with Gasteiger partial charge in [-0.1, -0.05) is 24.3 Å². The summed E-state index contributed by atoms with van der Waals surface area (Å²) in [5.74, 6) is -0.207. The summed E-state index contributed by atoms with van der Waals surface area (Å²) in [4.78, 5) is 21.7. The number of hydrogen-bond acceptors (Lipinski definition) is 7. The van der Waals surface area contributed by atoms with E-state index >= 15 is 0 Å². The number of pyridine rings is 1. The second kappa shape index (κ2) is 6.93. The van der Waals surface area contributed by atoms with Crippen molar-refractivity contribution in [2.24, 2.45) is 0 Å². The average Bonchev–Trinajstić information content (AvgIpc) is 3.15. The third-order valence-electron chi connectivity index (χ3n) is 3.04. The van der Waals surface area contributed by atoms with Crippen LogP contribution in [0.5, 0.6) is 0 Å². The standard InChI is InChI=1S/C15H15N5OS2/c1-3-6-11-19-20-15(22-11)18-13(21)12-9(2)17-14(23-12)10-7-4-5-8-16-10/h4-5,7-8H,3,6H2,1-2H3,(H,18,20,21). The van der Waals surface area contributed by atoms with Crippen molar-refractivity contribution < 1.29 is 4.79 Å². The number of anilines is 1. The number of nitrogens with one attached hydrogen (secondary N) is 1.